The molecule has 1 aromatic carbocycles. The first-order valence-corrected chi connectivity index (χ1v) is 9.55. The van der Waals surface area contributed by atoms with Crippen molar-refractivity contribution in [3.63, 3.8) is 0 Å². The molecule has 0 spiro atoms. The second-order valence-corrected chi connectivity index (χ2v) is 8.57. The Bertz CT molecular complexity index is 648. The summed E-state index contributed by atoms with van der Waals surface area (Å²) >= 11 is 6.50. The molecule has 0 aliphatic heterocycles. The molecule has 0 heterocycles. The highest BCUT2D eigenvalue weighted by atomic mass is 79.9. The van der Waals surface area contributed by atoms with Crippen molar-refractivity contribution in [1.29, 1.82) is 0 Å². The number of aliphatic carboxylic acids is 1. The van der Waals surface area contributed by atoms with E-state index in [2.05, 4.69) is 36.6 Å². The average Bonchev–Trinajstić information content (AvgIpc) is 2.84. The third kappa shape index (κ3) is 4.06. The van der Waals surface area contributed by atoms with E-state index in [0.717, 1.165) is 17.3 Å². The first-order valence-electron chi connectivity index (χ1n) is 6.49. The molecule has 1 saturated carbocycles. The summed E-state index contributed by atoms with van der Waals surface area (Å²) in [7, 11) is -3.65. The number of carbonyl (C=O) groups is 1. The molecule has 2 unspecified atom stereocenters. The van der Waals surface area contributed by atoms with Crippen LogP contribution in [0.1, 0.15) is 19.3 Å². The van der Waals surface area contributed by atoms with Crippen molar-refractivity contribution < 1.29 is 18.3 Å². The molecule has 1 aliphatic carbocycles. The van der Waals surface area contributed by atoms with Gasteiger partial charge in [0.1, 0.15) is 0 Å². The number of benzene rings is 1. The molecule has 0 amide bonds. The zero-order valence-electron chi connectivity index (χ0n) is 11.1. The highest BCUT2D eigenvalue weighted by Gasteiger charge is 2.33. The second kappa shape index (κ2) is 6.76. The van der Waals surface area contributed by atoms with Gasteiger partial charge in [0.2, 0.25) is 10.0 Å². The van der Waals surface area contributed by atoms with Crippen molar-refractivity contribution >= 4 is 47.9 Å². The van der Waals surface area contributed by atoms with Gasteiger partial charge in [0.15, 0.2) is 0 Å². The average molecular weight is 441 g/mol. The molecule has 0 radical (unpaired) electrons. The summed E-state index contributed by atoms with van der Waals surface area (Å²) in [5.74, 6) is -1.45. The molecule has 1 aromatic rings. The van der Waals surface area contributed by atoms with Crippen molar-refractivity contribution in [2.24, 2.45) is 11.8 Å². The predicted molar refractivity (Wildman–Crippen MR) is 85.5 cm³/mol. The van der Waals surface area contributed by atoms with E-state index < -0.39 is 21.9 Å². The van der Waals surface area contributed by atoms with Gasteiger partial charge in [-0.15, -0.1) is 0 Å². The monoisotopic (exact) mass is 439 g/mol. The van der Waals surface area contributed by atoms with Crippen LogP contribution in [0.15, 0.2) is 32.0 Å². The molecule has 8 heteroatoms. The molecular weight excluding hydrogens is 426 g/mol. The van der Waals surface area contributed by atoms with E-state index in [1.165, 1.54) is 6.07 Å². The Morgan fingerprint density at radius 1 is 1.33 bits per heavy atom. The Labute approximate surface area is 140 Å². The number of rotatable bonds is 5. The standard InChI is InChI=1S/C13H15Br2NO4S/c14-9-4-5-12(11(15)6-9)21(19,20)16-7-8-2-1-3-10(8)13(17)18/h4-6,8,10,16H,1-3,7H2,(H,17,18). The van der Waals surface area contributed by atoms with E-state index in [0.29, 0.717) is 10.9 Å². The molecule has 116 valence electrons. The zero-order valence-corrected chi connectivity index (χ0v) is 15.0. The Balaban J connectivity index is 2.09. The zero-order chi connectivity index (χ0) is 15.6. The summed E-state index contributed by atoms with van der Waals surface area (Å²) in [4.78, 5) is 11.3. The van der Waals surface area contributed by atoms with E-state index in [4.69, 9.17) is 5.11 Å². The summed E-state index contributed by atoms with van der Waals surface area (Å²) in [5.41, 5.74) is 0. The number of hydrogen-bond donors (Lipinski definition) is 2. The van der Waals surface area contributed by atoms with Crippen LogP contribution in [-0.2, 0) is 14.8 Å². The molecular formula is C13H15Br2NO4S. The number of halogens is 2. The summed E-state index contributed by atoms with van der Waals surface area (Å²) in [6, 6.07) is 4.80. The van der Waals surface area contributed by atoms with E-state index in [9.17, 15) is 13.2 Å². The molecule has 2 N–H and O–H groups in total. The van der Waals surface area contributed by atoms with Gasteiger partial charge in [-0.2, -0.15) is 0 Å². The van der Waals surface area contributed by atoms with Crippen LogP contribution in [0.2, 0.25) is 0 Å². The maximum Gasteiger partial charge on any atom is 0.306 e. The van der Waals surface area contributed by atoms with Gasteiger partial charge in [-0.05, 0) is 52.9 Å². The van der Waals surface area contributed by atoms with Crippen molar-refractivity contribution in [2.45, 2.75) is 24.2 Å². The van der Waals surface area contributed by atoms with E-state index >= 15 is 0 Å². The first-order chi connectivity index (χ1) is 9.81. The summed E-state index contributed by atoms with van der Waals surface area (Å²) in [5, 5.41) is 9.11. The van der Waals surface area contributed by atoms with Crippen LogP contribution in [0.25, 0.3) is 0 Å². The molecule has 2 rings (SSSR count). The minimum absolute atomic E-state index is 0.147. The van der Waals surface area contributed by atoms with Gasteiger partial charge in [-0.3, -0.25) is 4.79 Å². The third-order valence-corrected chi connectivity index (χ3v) is 6.59. The van der Waals surface area contributed by atoms with Gasteiger partial charge in [0, 0.05) is 15.5 Å². The molecule has 0 bridgehead atoms. The van der Waals surface area contributed by atoms with E-state index in [-0.39, 0.29) is 17.4 Å². The van der Waals surface area contributed by atoms with Crippen LogP contribution in [0.5, 0.6) is 0 Å². The number of sulfonamides is 1. The van der Waals surface area contributed by atoms with Crippen LogP contribution >= 0.6 is 31.9 Å². The molecule has 1 fully saturated rings. The van der Waals surface area contributed by atoms with Crippen LogP contribution < -0.4 is 4.72 Å². The lowest BCUT2D eigenvalue weighted by atomic mass is 9.97. The van der Waals surface area contributed by atoms with Crippen LogP contribution in [0, 0.1) is 11.8 Å². The Morgan fingerprint density at radius 3 is 2.67 bits per heavy atom. The maximum absolute atomic E-state index is 12.3. The Hall–Kier alpha value is -0.440. The fourth-order valence-corrected chi connectivity index (χ4v) is 5.43. The Kier molecular flexibility index (Phi) is 5.45. The first kappa shape index (κ1) is 16.9. The molecule has 2 atom stereocenters. The Morgan fingerprint density at radius 2 is 2.05 bits per heavy atom. The molecule has 1 aliphatic rings. The molecule has 0 aromatic heterocycles. The van der Waals surface area contributed by atoms with Crippen molar-refractivity contribution in [3.05, 3.63) is 27.1 Å². The topological polar surface area (TPSA) is 83.5 Å². The second-order valence-electron chi connectivity index (χ2n) is 5.06. The molecule has 5 nitrogen and oxygen atoms in total. The summed E-state index contributed by atoms with van der Waals surface area (Å²) < 4.78 is 28.4. The van der Waals surface area contributed by atoms with Gasteiger partial charge >= 0.3 is 5.97 Å². The lowest BCUT2D eigenvalue weighted by Gasteiger charge is -2.17. The third-order valence-electron chi connectivity index (χ3n) is 3.70. The lowest BCUT2D eigenvalue weighted by Crippen LogP contribution is -2.33. The SMILES string of the molecule is O=C(O)C1CCCC1CNS(=O)(=O)c1ccc(Br)cc1Br. The van der Waals surface area contributed by atoms with Gasteiger partial charge in [0.05, 0.1) is 10.8 Å². The number of hydrogen-bond acceptors (Lipinski definition) is 3. The molecule has 0 saturated heterocycles. The summed E-state index contributed by atoms with van der Waals surface area (Å²) in [6.07, 6.45) is 2.18. The minimum atomic E-state index is -3.65. The van der Waals surface area contributed by atoms with Crippen LogP contribution in [0.3, 0.4) is 0 Å². The number of carboxylic acids is 1. The predicted octanol–water partition coefficient (Wildman–Crippen LogP) is 2.99. The fraction of sp³-hybridized carbons (Fsp3) is 0.462. The van der Waals surface area contributed by atoms with Gasteiger partial charge in [0.25, 0.3) is 0 Å². The van der Waals surface area contributed by atoms with Crippen LogP contribution in [0.4, 0.5) is 0 Å². The van der Waals surface area contributed by atoms with Crippen molar-refractivity contribution in [2.75, 3.05) is 6.54 Å². The highest BCUT2D eigenvalue weighted by molar-refractivity contribution is 9.11. The van der Waals surface area contributed by atoms with Gasteiger partial charge in [-0.1, -0.05) is 22.4 Å². The summed E-state index contributed by atoms with van der Waals surface area (Å²) in [6.45, 7) is 0.155. The smallest absolute Gasteiger partial charge is 0.306 e. The van der Waals surface area contributed by atoms with E-state index in [1.54, 1.807) is 12.1 Å². The van der Waals surface area contributed by atoms with Gasteiger partial charge in [-0.25, -0.2) is 13.1 Å². The largest absolute Gasteiger partial charge is 0.481 e. The van der Waals surface area contributed by atoms with Gasteiger partial charge < -0.3 is 5.11 Å². The van der Waals surface area contributed by atoms with E-state index in [1.807, 2.05) is 0 Å². The number of carboxylic acid groups (broad SMARTS) is 1. The maximum atomic E-state index is 12.3. The number of nitrogens with one attached hydrogen (secondary N) is 1. The minimum Gasteiger partial charge on any atom is -0.481 e. The fourth-order valence-electron chi connectivity index (χ4n) is 2.59. The van der Waals surface area contributed by atoms with Crippen molar-refractivity contribution in [1.82, 2.24) is 4.72 Å². The quantitative estimate of drug-likeness (QED) is 0.737. The normalized spacial score (nSPS) is 22.4. The lowest BCUT2D eigenvalue weighted by molar-refractivity contribution is -0.142. The molecule has 21 heavy (non-hydrogen) atoms. The highest BCUT2D eigenvalue weighted by Crippen LogP contribution is 2.32. The van der Waals surface area contributed by atoms with Crippen molar-refractivity contribution in [3.8, 4) is 0 Å². The van der Waals surface area contributed by atoms with Crippen LogP contribution in [-0.4, -0.2) is 26.0 Å².